The van der Waals surface area contributed by atoms with Crippen LogP contribution in [0.15, 0.2) is 68.1 Å². The molecule has 0 unspecified atom stereocenters. The van der Waals surface area contributed by atoms with E-state index in [0.717, 1.165) is 0 Å². The van der Waals surface area contributed by atoms with Gasteiger partial charge in [0.15, 0.2) is 0 Å². The summed E-state index contributed by atoms with van der Waals surface area (Å²) in [6.45, 7) is 0. The van der Waals surface area contributed by atoms with E-state index < -0.39 is 20.2 Å². The molecule has 0 amide bonds. The minimum atomic E-state index is -4.48. The largest absolute Gasteiger partial charge is 1.00 e. The smallest absolute Gasteiger partial charge is 0.744 e. The fourth-order valence-electron chi connectivity index (χ4n) is 1.48. The number of benzene rings is 2. The van der Waals surface area contributed by atoms with Gasteiger partial charge in [-0.25, -0.2) is 16.8 Å². The van der Waals surface area contributed by atoms with Crippen molar-refractivity contribution in [3.05, 3.63) is 48.5 Å². The van der Waals surface area contributed by atoms with Gasteiger partial charge >= 0.3 is 103 Å². The summed E-state index contributed by atoms with van der Waals surface area (Å²) in [4.78, 5) is 0.694. The van der Waals surface area contributed by atoms with Gasteiger partial charge in [-0.15, -0.1) is 0 Å². The van der Waals surface area contributed by atoms with Gasteiger partial charge < -0.3 is 9.11 Å². The standard InChI is InChI=1S/C12H10O6S3.2K/c13-20(14,15)11-5-1-9(2-6-11)19-10-3-7-12(8-4-10)21(16,17)18;;/h1-8H,(H,13,14,15)(H,16,17,18);;/q;2*+1/p-2. The molecule has 0 fully saturated rings. The third-order valence-electron chi connectivity index (χ3n) is 2.46. The van der Waals surface area contributed by atoms with Crippen molar-refractivity contribution in [3.63, 3.8) is 0 Å². The van der Waals surface area contributed by atoms with Gasteiger partial charge in [0, 0.05) is 9.79 Å². The maximum absolute atomic E-state index is 10.8. The summed E-state index contributed by atoms with van der Waals surface area (Å²) >= 11 is 1.23. The Morgan fingerprint density at radius 3 is 1.09 bits per heavy atom. The molecule has 0 N–H and O–H groups in total. The maximum Gasteiger partial charge on any atom is 1.00 e. The van der Waals surface area contributed by atoms with Crippen LogP contribution in [0.1, 0.15) is 0 Å². The summed E-state index contributed by atoms with van der Waals surface area (Å²) in [6.07, 6.45) is 0. The molecule has 2 aromatic rings. The number of hydrogen-bond donors (Lipinski definition) is 0. The first-order valence-corrected chi connectivity index (χ1v) is 9.09. The molecule has 11 heteroatoms. The molecule has 0 aromatic heterocycles. The Balaban J connectivity index is 0.00000242. The fraction of sp³-hybridized carbons (Fsp3) is 0. The van der Waals surface area contributed by atoms with Crippen LogP contribution in [-0.2, 0) is 20.2 Å². The summed E-state index contributed by atoms with van der Waals surface area (Å²) in [5.41, 5.74) is 0. The zero-order chi connectivity index (χ0) is 15.7. The molecule has 2 rings (SSSR count). The summed E-state index contributed by atoms with van der Waals surface area (Å²) in [7, 11) is -8.95. The molecule has 0 saturated carbocycles. The van der Waals surface area contributed by atoms with Crippen molar-refractivity contribution in [2.24, 2.45) is 0 Å². The molecular formula is C12H8K2O6S3. The summed E-state index contributed by atoms with van der Waals surface area (Å²) in [6, 6.07) is 10.6. The molecular weight excluding hydrogens is 415 g/mol. The molecule has 0 aliphatic carbocycles. The van der Waals surface area contributed by atoms with Gasteiger partial charge in [-0.3, -0.25) is 0 Å². The van der Waals surface area contributed by atoms with Crippen molar-refractivity contribution >= 4 is 32.0 Å². The topological polar surface area (TPSA) is 114 Å². The average Bonchev–Trinajstić information content (AvgIpc) is 2.38. The van der Waals surface area contributed by atoms with E-state index in [4.69, 9.17) is 0 Å². The third kappa shape index (κ3) is 7.97. The van der Waals surface area contributed by atoms with Gasteiger partial charge in [-0.2, -0.15) is 0 Å². The van der Waals surface area contributed by atoms with Crippen molar-refractivity contribution in [3.8, 4) is 0 Å². The first-order valence-electron chi connectivity index (χ1n) is 5.46. The molecule has 0 heterocycles. The van der Waals surface area contributed by atoms with Crippen LogP contribution in [-0.4, -0.2) is 25.9 Å². The Morgan fingerprint density at radius 2 is 0.870 bits per heavy atom. The van der Waals surface area contributed by atoms with Crippen molar-refractivity contribution in [1.82, 2.24) is 0 Å². The van der Waals surface area contributed by atoms with E-state index in [1.165, 1.54) is 60.3 Å². The molecule has 112 valence electrons. The first kappa shape index (κ1) is 24.9. The van der Waals surface area contributed by atoms with Gasteiger partial charge in [0.05, 0.1) is 9.79 Å². The summed E-state index contributed by atoms with van der Waals surface area (Å²) in [5.74, 6) is 0. The van der Waals surface area contributed by atoms with E-state index in [-0.39, 0.29) is 113 Å². The molecule has 0 aliphatic heterocycles. The van der Waals surface area contributed by atoms with Crippen LogP contribution in [0.3, 0.4) is 0 Å². The van der Waals surface area contributed by atoms with E-state index in [0.29, 0.717) is 9.79 Å². The van der Waals surface area contributed by atoms with E-state index in [2.05, 4.69) is 0 Å². The SMILES string of the molecule is O=S(=O)([O-])c1ccc(Sc2ccc(S(=O)(=O)[O-])cc2)cc1.[K+].[K+]. The minimum Gasteiger partial charge on any atom is -0.744 e. The molecule has 0 aliphatic rings. The Kier molecular flexibility index (Phi) is 11.1. The van der Waals surface area contributed by atoms with E-state index in [1.54, 1.807) is 0 Å². The molecule has 2 aromatic carbocycles. The van der Waals surface area contributed by atoms with Crippen LogP contribution >= 0.6 is 11.8 Å². The van der Waals surface area contributed by atoms with Crippen LogP contribution in [0.2, 0.25) is 0 Å². The van der Waals surface area contributed by atoms with E-state index in [1.807, 2.05) is 0 Å². The van der Waals surface area contributed by atoms with Crippen LogP contribution in [0.4, 0.5) is 0 Å². The van der Waals surface area contributed by atoms with Gasteiger partial charge in [0.2, 0.25) is 0 Å². The van der Waals surface area contributed by atoms with Crippen LogP contribution in [0, 0.1) is 0 Å². The van der Waals surface area contributed by atoms with Crippen molar-refractivity contribution < 1.29 is 129 Å². The molecule has 0 saturated heterocycles. The predicted molar refractivity (Wildman–Crippen MR) is 72.9 cm³/mol. The zero-order valence-corrected chi connectivity index (χ0v) is 21.0. The molecule has 0 radical (unpaired) electrons. The van der Waals surface area contributed by atoms with Gasteiger partial charge in [0.1, 0.15) is 20.2 Å². The average molecular weight is 423 g/mol. The molecule has 23 heavy (non-hydrogen) atoms. The monoisotopic (exact) mass is 422 g/mol. The van der Waals surface area contributed by atoms with E-state index in [9.17, 15) is 25.9 Å². The second kappa shape index (κ2) is 10.3. The minimum absolute atomic E-state index is 0. The van der Waals surface area contributed by atoms with Gasteiger partial charge in [-0.05, 0) is 48.5 Å². The second-order valence-electron chi connectivity index (χ2n) is 3.95. The van der Waals surface area contributed by atoms with Crippen molar-refractivity contribution in [1.29, 1.82) is 0 Å². The summed E-state index contributed by atoms with van der Waals surface area (Å²) in [5, 5.41) is 0. The number of rotatable bonds is 4. The maximum atomic E-state index is 10.8. The third-order valence-corrected chi connectivity index (χ3v) is 5.18. The normalized spacial score (nSPS) is 11.2. The predicted octanol–water partition coefficient (Wildman–Crippen LogP) is -4.35. The van der Waals surface area contributed by atoms with Crippen LogP contribution in [0.25, 0.3) is 0 Å². The Hall–Kier alpha value is 1.88. The second-order valence-corrected chi connectivity index (χ2v) is 7.86. The Morgan fingerprint density at radius 1 is 0.609 bits per heavy atom. The summed E-state index contributed by atoms with van der Waals surface area (Å²) < 4.78 is 64.7. The molecule has 0 atom stereocenters. The fourth-order valence-corrected chi connectivity index (χ4v) is 3.24. The van der Waals surface area contributed by atoms with E-state index >= 15 is 0 Å². The molecule has 6 nitrogen and oxygen atoms in total. The first-order chi connectivity index (χ1) is 9.66. The quantitative estimate of drug-likeness (QED) is 0.361. The molecule has 0 bridgehead atoms. The van der Waals surface area contributed by atoms with Crippen LogP contribution < -0.4 is 103 Å². The van der Waals surface area contributed by atoms with Gasteiger partial charge in [-0.1, -0.05) is 11.8 Å². The van der Waals surface area contributed by atoms with Gasteiger partial charge in [0.25, 0.3) is 0 Å². The molecule has 0 spiro atoms. The van der Waals surface area contributed by atoms with Crippen molar-refractivity contribution in [2.75, 3.05) is 0 Å². The zero-order valence-electron chi connectivity index (χ0n) is 12.3. The van der Waals surface area contributed by atoms with Crippen molar-refractivity contribution in [2.45, 2.75) is 19.6 Å². The Labute approximate surface area is 224 Å². The number of hydrogen-bond acceptors (Lipinski definition) is 7. The Bertz CT molecular complexity index is 773. The van der Waals surface area contributed by atoms with Crippen LogP contribution in [0.5, 0.6) is 0 Å².